The third-order valence-corrected chi connectivity index (χ3v) is 3.59. The zero-order valence-electron chi connectivity index (χ0n) is 11.9. The van der Waals surface area contributed by atoms with Gasteiger partial charge in [-0.05, 0) is 19.4 Å². The monoisotopic (exact) mass is 307 g/mol. The van der Waals surface area contributed by atoms with Gasteiger partial charge in [-0.25, -0.2) is 0 Å². The highest BCUT2D eigenvalue weighted by molar-refractivity contribution is 5.66. The summed E-state index contributed by atoms with van der Waals surface area (Å²) in [5.74, 6) is -2.89. The molecular weight excluding hydrogens is 282 g/mol. The first-order valence-corrected chi connectivity index (χ1v) is 7.20. The predicted octanol–water partition coefficient (Wildman–Crippen LogP) is -1.59. The van der Waals surface area contributed by atoms with Crippen molar-refractivity contribution in [3.05, 3.63) is 0 Å². The Labute approximate surface area is 123 Å². The number of aliphatic hydroxyl groups excluding tert-OH is 3. The molecule has 0 unspecified atom stereocenters. The molecule has 1 saturated heterocycles. The van der Waals surface area contributed by atoms with Gasteiger partial charge in [0.1, 0.15) is 18.3 Å². The van der Waals surface area contributed by atoms with Gasteiger partial charge in [0.15, 0.2) is 0 Å². The normalized spacial score (nSPS) is 32.5. The molecule has 1 heterocycles. The Bertz CT molecular complexity index is 328. The minimum atomic E-state index is -2.11. The number of rotatable bonds is 10. The number of ether oxygens (including phenoxy) is 1. The zero-order chi connectivity index (χ0) is 15.9. The second kappa shape index (κ2) is 8.62. The maximum absolute atomic E-state index is 10.3. The van der Waals surface area contributed by atoms with Gasteiger partial charge in [0, 0.05) is 13.0 Å². The molecule has 8 heteroatoms. The first-order valence-electron chi connectivity index (χ1n) is 7.20. The Balaban J connectivity index is 2.09. The largest absolute Gasteiger partial charge is 0.481 e. The average molecular weight is 307 g/mol. The van der Waals surface area contributed by atoms with E-state index in [-0.39, 0.29) is 13.0 Å². The summed E-state index contributed by atoms with van der Waals surface area (Å²) in [6, 6.07) is 0. The number of aliphatic hydroxyl groups is 4. The molecule has 0 bridgehead atoms. The lowest BCUT2D eigenvalue weighted by Crippen LogP contribution is -2.46. The summed E-state index contributed by atoms with van der Waals surface area (Å²) in [7, 11) is 0. The van der Waals surface area contributed by atoms with E-state index in [1.54, 1.807) is 0 Å². The van der Waals surface area contributed by atoms with Crippen molar-refractivity contribution < 1.29 is 35.1 Å². The van der Waals surface area contributed by atoms with E-state index in [0.717, 1.165) is 19.3 Å². The van der Waals surface area contributed by atoms with Crippen LogP contribution in [0, 0.1) is 0 Å². The van der Waals surface area contributed by atoms with Gasteiger partial charge < -0.3 is 35.6 Å². The number of hydrogen-bond donors (Lipinski definition) is 6. The number of unbranched alkanes of at least 4 members (excludes halogenated alkanes) is 3. The summed E-state index contributed by atoms with van der Waals surface area (Å²) in [4.78, 5) is 10.3. The van der Waals surface area contributed by atoms with Crippen LogP contribution in [0.4, 0.5) is 0 Å². The van der Waals surface area contributed by atoms with Crippen LogP contribution in [0.1, 0.15) is 32.1 Å². The van der Waals surface area contributed by atoms with Gasteiger partial charge in [0.2, 0.25) is 5.79 Å². The van der Waals surface area contributed by atoms with Crippen molar-refractivity contribution in [1.29, 1.82) is 0 Å². The van der Waals surface area contributed by atoms with Crippen LogP contribution >= 0.6 is 0 Å². The fourth-order valence-corrected chi connectivity index (χ4v) is 2.29. The molecule has 0 aromatic carbocycles. The number of carboxylic acid groups (broad SMARTS) is 1. The molecule has 0 amide bonds. The van der Waals surface area contributed by atoms with E-state index in [9.17, 15) is 20.1 Å². The molecule has 0 spiro atoms. The predicted molar refractivity (Wildman–Crippen MR) is 72.5 cm³/mol. The molecule has 0 aromatic rings. The van der Waals surface area contributed by atoms with Crippen molar-refractivity contribution >= 4 is 5.97 Å². The molecule has 6 N–H and O–H groups in total. The molecule has 0 radical (unpaired) electrons. The highest BCUT2D eigenvalue weighted by Crippen LogP contribution is 2.28. The smallest absolute Gasteiger partial charge is 0.303 e. The van der Waals surface area contributed by atoms with Crippen LogP contribution in [-0.4, -0.2) is 75.3 Å². The van der Waals surface area contributed by atoms with Crippen LogP contribution in [0.25, 0.3) is 0 Å². The Morgan fingerprint density at radius 3 is 2.43 bits per heavy atom. The number of aliphatic carboxylic acids is 1. The van der Waals surface area contributed by atoms with Gasteiger partial charge in [0.05, 0.1) is 6.61 Å². The molecule has 1 aliphatic heterocycles. The molecule has 21 heavy (non-hydrogen) atoms. The van der Waals surface area contributed by atoms with E-state index in [0.29, 0.717) is 13.0 Å². The van der Waals surface area contributed by atoms with Crippen molar-refractivity contribution in [2.24, 2.45) is 0 Å². The second-order valence-electron chi connectivity index (χ2n) is 5.36. The van der Waals surface area contributed by atoms with Crippen molar-refractivity contribution in [2.45, 2.75) is 56.2 Å². The summed E-state index contributed by atoms with van der Waals surface area (Å²) in [6.45, 7) is 0.119. The van der Waals surface area contributed by atoms with Gasteiger partial charge >= 0.3 is 5.97 Å². The zero-order valence-corrected chi connectivity index (χ0v) is 11.9. The fourth-order valence-electron chi connectivity index (χ4n) is 2.29. The first kappa shape index (κ1) is 18.3. The quantitative estimate of drug-likeness (QED) is 0.266. The number of carboxylic acids is 1. The molecular formula is C13H25NO7. The summed E-state index contributed by atoms with van der Waals surface area (Å²) < 4.78 is 5.07. The van der Waals surface area contributed by atoms with E-state index in [4.69, 9.17) is 14.9 Å². The van der Waals surface area contributed by atoms with E-state index < -0.39 is 36.7 Å². The molecule has 4 atom stereocenters. The Morgan fingerprint density at radius 2 is 1.86 bits per heavy atom. The minimum Gasteiger partial charge on any atom is -0.481 e. The lowest BCUT2D eigenvalue weighted by molar-refractivity contribution is -0.245. The SMILES string of the molecule is O=C(O)CCCCCCNC[C@@H]1O[C@](O)(CO)[C@@H](O)[C@@H]1O. The van der Waals surface area contributed by atoms with E-state index in [1.807, 2.05) is 0 Å². The van der Waals surface area contributed by atoms with Crippen LogP contribution in [0.2, 0.25) is 0 Å². The van der Waals surface area contributed by atoms with Gasteiger partial charge in [0.25, 0.3) is 0 Å². The van der Waals surface area contributed by atoms with Crippen LogP contribution in [-0.2, 0) is 9.53 Å². The van der Waals surface area contributed by atoms with Crippen LogP contribution < -0.4 is 5.32 Å². The summed E-state index contributed by atoms with van der Waals surface area (Å²) in [5.41, 5.74) is 0. The molecule has 0 aromatic heterocycles. The summed E-state index contributed by atoms with van der Waals surface area (Å²) in [5, 5.41) is 49.4. The Morgan fingerprint density at radius 1 is 1.19 bits per heavy atom. The number of hydrogen-bond acceptors (Lipinski definition) is 7. The topological polar surface area (TPSA) is 139 Å². The van der Waals surface area contributed by atoms with Crippen LogP contribution in [0.15, 0.2) is 0 Å². The van der Waals surface area contributed by atoms with Crippen molar-refractivity contribution in [1.82, 2.24) is 5.32 Å². The highest BCUT2D eigenvalue weighted by Gasteiger charge is 2.52. The molecule has 0 aliphatic carbocycles. The van der Waals surface area contributed by atoms with E-state index >= 15 is 0 Å². The maximum atomic E-state index is 10.3. The average Bonchev–Trinajstić information content (AvgIpc) is 2.66. The van der Waals surface area contributed by atoms with E-state index in [2.05, 4.69) is 5.32 Å². The summed E-state index contributed by atoms with van der Waals surface area (Å²) >= 11 is 0. The Kier molecular flexibility index (Phi) is 7.50. The molecule has 8 nitrogen and oxygen atoms in total. The van der Waals surface area contributed by atoms with Crippen molar-refractivity contribution in [3.63, 3.8) is 0 Å². The Hall–Kier alpha value is -0.770. The molecule has 0 saturated carbocycles. The lowest BCUT2D eigenvalue weighted by Gasteiger charge is -2.22. The standard InChI is InChI=1S/C13H25NO7/c15-8-13(20)12(19)11(18)9(21-13)7-14-6-4-2-1-3-5-10(16)17/h9,11-12,14-15,18-20H,1-8H2,(H,16,17)/t9-,11+,12-,13+/m0/s1. The maximum Gasteiger partial charge on any atom is 0.303 e. The van der Waals surface area contributed by atoms with Gasteiger partial charge in [-0.3, -0.25) is 4.79 Å². The van der Waals surface area contributed by atoms with E-state index in [1.165, 1.54) is 0 Å². The van der Waals surface area contributed by atoms with Crippen LogP contribution in [0.3, 0.4) is 0 Å². The highest BCUT2D eigenvalue weighted by atomic mass is 16.7. The summed E-state index contributed by atoms with van der Waals surface area (Å²) in [6.07, 6.45) is -0.130. The van der Waals surface area contributed by atoms with Gasteiger partial charge in [-0.2, -0.15) is 0 Å². The van der Waals surface area contributed by atoms with Crippen LogP contribution in [0.5, 0.6) is 0 Å². The molecule has 124 valence electrons. The molecule has 1 fully saturated rings. The molecule has 1 aliphatic rings. The fraction of sp³-hybridized carbons (Fsp3) is 0.923. The lowest BCUT2D eigenvalue weighted by atomic mass is 10.1. The van der Waals surface area contributed by atoms with Crippen molar-refractivity contribution in [2.75, 3.05) is 19.7 Å². The third-order valence-electron chi connectivity index (χ3n) is 3.59. The molecule has 1 rings (SSSR count). The number of nitrogens with one attached hydrogen (secondary N) is 1. The first-order chi connectivity index (χ1) is 9.90. The number of carbonyl (C=O) groups is 1. The second-order valence-corrected chi connectivity index (χ2v) is 5.36. The third kappa shape index (κ3) is 5.50. The van der Waals surface area contributed by atoms with Crippen molar-refractivity contribution in [3.8, 4) is 0 Å². The van der Waals surface area contributed by atoms with Gasteiger partial charge in [-0.15, -0.1) is 0 Å². The minimum absolute atomic E-state index is 0.188. The van der Waals surface area contributed by atoms with Gasteiger partial charge in [-0.1, -0.05) is 12.8 Å².